The predicted octanol–water partition coefficient (Wildman–Crippen LogP) is 3.10. The fourth-order valence-electron chi connectivity index (χ4n) is 4.47. The zero-order chi connectivity index (χ0) is 21.3. The van der Waals surface area contributed by atoms with Gasteiger partial charge in [-0.15, -0.1) is 0 Å². The van der Waals surface area contributed by atoms with Crippen LogP contribution in [0.1, 0.15) is 30.7 Å². The molecule has 1 saturated carbocycles. The minimum absolute atomic E-state index is 0.154. The van der Waals surface area contributed by atoms with E-state index in [2.05, 4.69) is 5.32 Å². The average Bonchev–Trinajstić information content (AvgIpc) is 2.99. The van der Waals surface area contributed by atoms with Crippen molar-refractivity contribution in [3.05, 3.63) is 70.3 Å². The number of carbonyl (C=O) groups is 3. The molecular formula is C22H21N3O5. The van der Waals surface area contributed by atoms with Gasteiger partial charge >= 0.3 is 0 Å². The van der Waals surface area contributed by atoms with Gasteiger partial charge in [0.2, 0.25) is 17.7 Å². The van der Waals surface area contributed by atoms with Crippen LogP contribution < -0.4 is 5.32 Å². The third-order valence-corrected chi connectivity index (χ3v) is 5.93. The summed E-state index contributed by atoms with van der Waals surface area (Å²) in [6, 6.07) is 15.5. The molecule has 0 radical (unpaired) electrons. The number of fused-ring (bicyclic) bond motifs is 1. The summed E-state index contributed by atoms with van der Waals surface area (Å²) in [6.45, 7) is -0.386. The topological polar surface area (TPSA) is 110 Å². The van der Waals surface area contributed by atoms with Gasteiger partial charge in [0.15, 0.2) is 0 Å². The van der Waals surface area contributed by atoms with Crippen LogP contribution in [0.25, 0.3) is 0 Å². The number of nitrogens with one attached hydrogen (secondary N) is 1. The molecule has 0 aromatic heterocycles. The molecular weight excluding hydrogens is 386 g/mol. The predicted molar refractivity (Wildman–Crippen MR) is 108 cm³/mol. The van der Waals surface area contributed by atoms with E-state index in [1.807, 2.05) is 30.3 Å². The van der Waals surface area contributed by atoms with E-state index in [-0.39, 0.29) is 41.6 Å². The van der Waals surface area contributed by atoms with Crippen LogP contribution in [0.3, 0.4) is 0 Å². The molecule has 1 N–H and O–H groups in total. The van der Waals surface area contributed by atoms with Crippen LogP contribution in [0.5, 0.6) is 0 Å². The van der Waals surface area contributed by atoms with Crippen LogP contribution in [0.15, 0.2) is 54.6 Å². The number of nitrogens with zero attached hydrogens (tertiary/aromatic N) is 2. The fourth-order valence-corrected chi connectivity index (χ4v) is 4.47. The summed E-state index contributed by atoms with van der Waals surface area (Å²) in [6.07, 6.45) is 2.05. The van der Waals surface area contributed by atoms with Crippen LogP contribution in [-0.2, 0) is 14.4 Å². The molecule has 4 rings (SSSR count). The van der Waals surface area contributed by atoms with E-state index in [1.54, 1.807) is 0 Å². The molecule has 2 aliphatic rings. The van der Waals surface area contributed by atoms with Gasteiger partial charge in [0.25, 0.3) is 5.69 Å². The summed E-state index contributed by atoms with van der Waals surface area (Å²) in [4.78, 5) is 49.4. The molecule has 1 aliphatic heterocycles. The van der Waals surface area contributed by atoms with Crippen molar-refractivity contribution < 1.29 is 19.3 Å². The van der Waals surface area contributed by atoms with Gasteiger partial charge in [0.1, 0.15) is 6.54 Å². The Morgan fingerprint density at radius 3 is 2.50 bits per heavy atom. The monoisotopic (exact) mass is 407 g/mol. The van der Waals surface area contributed by atoms with Gasteiger partial charge in [0.05, 0.1) is 16.8 Å². The number of hydrogen-bond donors (Lipinski definition) is 1. The van der Waals surface area contributed by atoms with Crippen LogP contribution >= 0.6 is 0 Å². The molecule has 0 spiro atoms. The number of nitro groups is 1. The third-order valence-electron chi connectivity index (χ3n) is 5.93. The summed E-state index contributed by atoms with van der Waals surface area (Å²) in [5.74, 6) is -1.71. The maximum absolute atomic E-state index is 12.9. The van der Waals surface area contributed by atoms with Crippen molar-refractivity contribution in [2.75, 3.05) is 11.9 Å². The van der Waals surface area contributed by atoms with Crippen LogP contribution in [0.2, 0.25) is 0 Å². The number of benzene rings is 2. The molecule has 1 saturated heterocycles. The molecule has 2 aromatic rings. The number of imide groups is 1. The first-order chi connectivity index (χ1) is 14.4. The molecule has 8 nitrogen and oxygen atoms in total. The van der Waals surface area contributed by atoms with Gasteiger partial charge in [-0.05, 0) is 36.8 Å². The number of carbonyl (C=O) groups excluding carboxylic acids is 3. The number of non-ortho nitro benzene ring substituents is 1. The Kier molecular flexibility index (Phi) is 5.31. The minimum atomic E-state index is -0.560. The van der Waals surface area contributed by atoms with Crippen LogP contribution in [-0.4, -0.2) is 34.1 Å². The van der Waals surface area contributed by atoms with Crippen molar-refractivity contribution >= 4 is 29.1 Å². The van der Waals surface area contributed by atoms with Crippen molar-refractivity contribution in [3.63, 3.8) is 0 Å². The van der Waals surface area contributed by atoms with Gasteiger partial charge in [-0.25, -0.2) is 0 Å². The summed E-state index contributed by atoms with van der Waals surface area (Å²) in [5, 5.41) is 13.4. The Hall–Kier alpha value is -3.55. The van der Waals surface area contributed by atoms with Crippen LogP contribution in [0.4, 0.5) is 11.4 Å². The van der Waals surface area contributed by atoms with Gasteiger partial charge in [-0.1, -0.05) is 36.4 Å². The molecule has 8 heteroatoms. The first kappa shape index (κ1) is 19.8. The average molecular weight is 407 g/mol. The number of hydrogen-bond acceptors (Lipinski definition) is 5. The lowest BCUT2D eigenvalue weighted by atomic mass is 9.73. The van der Waals surface area contributed by atoms with E-state index in [0.29, 0.717) is 12.8 Å². The highest BCUT2D eigenvalue weighted by atomic mass is 16.6. The fraction of sp³-hybridized carbons (Fsp3) is 0.318. The van der Waals surface area contributed by atoms with Gasteiger partial charge in [-0.3, -0.25) is 29.4 Å². The van der Waals surface area contributed by atoms with E-state index in [4.69, 9.17) is 0 Å². The highest BCUT2D eigenvalue weighted by Crippen LogP contribution is 2.44. The second-order valence-electron chi connectivity index (χ2n) is 7.75. The molecule has 154 valence electrons. The number of nitro benzene ring substituents is 1. The first-order valence-electron chi connectivity index (χ1n) is 9.88. The number of amides is 3. The van der Waals surface area contributed by atoms with Gasteiger partial charge in [-0.2, -0.15) is 0 Å². The highest BCUT2D eigenvalue weighted by Gasteiger charge is 2.50. The van der Waals surface area contributed by atoms with E-state index in [9.17, 15) is 24.5 Å². The molecule has 1 heterocycles. The summed E-state index contributed by atoms with van der Waals surface area (Å²) < 4.78 is 0. The van der Waals surface area contributed by atoms with Crippen molar-refractivity contribution in [2.45, 2.75) is 25.2 Å². The van der Waals surface area contributed by atoms with E-state index in [1.165, 1.54) is 24.3 Å². The molecule has 1 aliphatic carbocycles. The number of anilines is 1. The summed E-state index contributed by atoms with van der Waals surface area (Å²) in [5.41, 5.74) is 1.26. The molecule has 3 amide bonds. The normalized spacial score (nSPS) is 23.2. The smallest absolute Gasteiger partial charge is 0.271 e. The molecule has 2 aromatic carbocycles. The van der Waals surface area contributed by atoms with E-state index < -0.39 is 16.7 Å². The second kappa shape index (κ2) is 8.06. The Labute approximate surface area is 173 Å². The van der Waals surface area contributed by atoms with Crippen molar-refractivity contribution in [1.82, 2.24) is 4.90 Å². The largest absolute Gasteiger partial charge is 0.324 e. The quantitative estimate of drug-likeness (QED) is 0.465. The molecule has 3 atom stereocenters. The van der Waals surface area contributed by atoms with Crippen LogP contribution in [0, 0.1) is 22.0 Å². The standard InChI is InChI=1S/C22H21N3O5/c26-20(23-16-7-4-8-17(12-16)25(29)30)13-24-21(27)18-10-9-15(11-19(18)22(24)28)14-5-2-1-3-6-14/h1-8,12,15,18-19H,9-11,13H2,(H,23,26)/t15-,18-,19+/m0/s1. The zero-order valence-corrected chi connectivity index (χ0v) is 16.2. The summed E-state index contributed by atoms with van der Waals surface area (Å²) in [7, 11) is 0. The molecule has 30 heavy (non-hydrogen) atoms. The molecule has 0 bridgehead atoms. The van der Waals surface area contributed by atoms with E-state index >= 15 is 0 Å². The lowest BCUT2D eigenvalue weighted by Crippen LogP contribution is -2.38. The molecule has 2 fully saturated rings. The Morgan fingerprint density at radius 1 is 1.03 bits per heavy atom. The van der Waals surface area contributed by atoms with Crippen molar-refractivity contribution in [2.24, 2.45) is 11.8 Å². The van der Waals surface area contributed by atoms with Crippen molar-refractivity contribution in [3.8, 4) is 0 Å². The lowest BCUT2D eigenvalue weighted by molar-refractivity contribution is -0.384. The second-order valence-corrected chi connectivity index (χ2v) is 7.75. The van der Waals surface area contributed by atoms with Gasteiger partial charge in [0, 0.05) is 17.8 Å². The maximum Gasteiger partial charge on any atom is 0.271 e. The third kappa shape index (κ3) is 3.80. The maximum atomic E-state index is 12.9. The van der Waals surface area contributed by atoms with Gasteiger partial charge < -0.3 is 5.32 Å². The molecule has 0 unspecified atom stereocenters. The zero-order valence-electron chi connectivity index (χ0n) is 16.2. The number of rotatable bonds is 5. The Bertz CT molecular complexity index is 1010. The SMILES string of the molecule is O=C(CN1C(=O)[C@H]2CC[C@H](c3ccccc3)C[C@H]2C1=O)Nc1cccc([N+](=O)[O-])c1. The highest BCUT2D eigenvalue weighted by molar-refractivity contribution is 6.08. The Morgan fingerprint density at radius 2 is 1.77 bits per heavy atom. The minimum Gasteiger partial charge on any atom is -0.324 e. The summed E-state index contributed by atoms with van der Waals surface area (Å²) >= 11 is 0. The lowest BCUT2D eigenvalue weighted by Gasteiger charge is -2.28. The number of likely N-dealkylation sites (tertiary alicyclic amines) is 1. The van der Waals surface area contributed by atoms with Crippen molar-refractivity contribution in [1.29, 1.82) is 0 Å². The first-order valence-corrected chi connectivity index (χ1v) is 9.88. The Balaban J connectivity index is 1.42. The van der Waals surface area contributed by atoms with E-state index in [0.717, 1.165) is 16.9 Å².